The van der Waals surface area contributed by atoms with Gasteiger partial charge in [0.25, 0.3) is 0 Å². The lowest BCUT2D eigenvalue weighted by atomic mass is 9.95. The monoisotopic (exact) mass is 1500 g/mol. The van der Waals surface area contributed by atoms with Gasteiger partial charge in [-0.3, -0.25) is 52.7 Å². The fraction of sp³-hybridized carbons (Fsp3) is 0.613. The molecular formula is C80H129N17O11. The van der Waals surface area contributed by atoms with E-state index in [0.29, 0.717) is 83.0 Å². The highest BCUT2D eigenvalue weighted by Crippen LogP contribution is 2.22. The van der Waals surface area contributed by atoms with Gasteiger partial charge in [-0.25, -0.2) is 0 Å². The zero-order valence-electron chi connectivity index (χ0n) is 65.5. The number of carbonyl (C=O) groups excluding carboxylic acids is 11. The quantitative estimate of drug-likeness (QED) is 0.0280. The van der Waals surface area contributed by atoms with Gasteiger partial charge >= 0.3 is 0 Å². The number of aromatic nitrogens is 1. The normalized spacial score (nSPS) is 14.9. The average Bonchev–Trinajstić information content (AvgIpc) is 1.77. The molecule has 3 aromatic carbocycles. The van der Waals surface area contributed by atoms with Crippen molar-refractivity contribution >= 4 is 75.9 Å². The summed E-state index contributed by atoms with van der Waals surface area (Å²) in [6.45, 7) is 19.8. The van der Waals surface area contributed by atoms with Gasteiger partial charge in [0.1, 0.15) is 60.4 Å². The van der Waals surface area contributed by atoms with E-state index in [2.05, 4.69) is 63.5 Å². The number of carbonyl (C=O) groups is 11. The van der Waals surface area contributed by atoms with Crippen molar-refractivity contribution in [3.05, 3.63) is 108 Å². The molecule has 0 spiro atoms. The number of amides is 11. The van der Waals surface area contributed by atoms with Crippen molar-refractivity contribution < 1.29 is 52.7 Å². The van der Waals surface area contributed by atoms with Crippen LogP contribution in [0.25, 0.3) is 10.9 Å². The predicted octanol–water partition coefficient (Wildman–Crippen LogP) is 3.80. The Balaban J connectivity index is 1.62. The van der Waals surface area contributed by atoms with E-state index in [1.165, 1.54) is 0 Å². The molecule has 12 atom stereocenters. The molecule has 108 heavy (non-hydrogen) atoms. The molecule has 0 bridgehead atoms. The third kappa shape index (κ3) is 32.5. The standard InChI is InChI=1S/C80H129N17O11/c1-11-53(10)69(80(108)95-66(44-51(6)7)76(104)91-61(36-22-26-40-83)73(101)96-68(52(8)9)79(107)92-63(70(85)98)42-49(2)3)97-74(102)62(37-23-27-41-84)88-71(99)59(34-20-24-38-81)90-78(106)67(45-54-28-14-12-15-29-54)94-77(105)65(43-50(4)5)93-72(100)60(35-21-25-39-82)89-75(103)64(86-47-55-30-16-13-17-31-55)46-56-48-87-58-33-19-18-32-57(56)58/h12-19,28-33,48-53,59-69,86-87H,11,20-27,34-47,81-84H2,1-10H3,(H2,85,98)(H,88,99)(H,89,103)(H,90,106)(H,91,104)(H,92,107)(H,93,100)(H,94,105)(H,95,108)(H,96,101)(H,97,102)/t53-,59-,60-,61-,62-,63-,64-,65-,66-,67-,68-,69-/m0/s1. The van der Waals surface area contributed by atoms with E-state index in [1.807, 2.05) is 109 Å². The van der Waals surface area contributed by atoms with Gasteiger partial charge in [-0.2, -0.15) is 0 Å². The molecule has 0 aliphatic rings. The molecule has 11 amide bonds. The van der Waals surface area contributed by atoms with Crippen LogP contribution in [0.3, 0.4) is 0 Å². The van der Waals surface area contributed by atoms with E-state index in [-0.39, 0.29) is 88.6 Å². The van der Waals surface area contributed by atoms with E-state index in [9.17, 15) is 47.9 Å². The highest BCUT2D eigenvalue weighted by Gasteiger charge is 2.38. The number of aromatic amines is 1. The van der Waals surface area contributed by atoms with E-state index in [1.54, 1.807) is 51.1 Å². The largest absolute Gasteiger partial charge is 0.368 e. The van der Waals surface area contributed by atoms with E-state index >= 15 is 4.79 Å². The van der Waals surface area contributed by atoms with Crippen molar-refractivity contribution in [1.82, 2.24) is 63.5 Å². The first kappa shape index (κ1) is 91.6. The van der Waals surface area contributed by atoms with Crippen LogP contribution in [0.15, 0.2) is 91.1 Å². The summed E-state index contributed by atoms with van der Waals surface area (Å²) in [5.74, 6) is -8.71. The molecule has 1 aromatic heterocycles. The molecular weight excluding hydrogens is 1370 g/mol. The third-order valence-corrected chi connectivity index (χ3v) is 19.1. The van der Waals surface area contributed by atoms with Crippen molar-refractivity contribution in [3.63, 3.8) is 0 Å². The lowest BCUT2D eigenvalue weighted by molar-refractivity contribution is -0.137. The Morgan fingerprint density at radius 3 is 1.13 bits per heavy atom. The molecule has 0 aliphatic carbocycles. The number of fused-ring (bicyclic) bond motifs is 1. The smallest absolute Gasteiger partial charge is 0.243 e. The van der Waals surface area contributed by atoms with Gasteiger partial charge in [0, 0.05) is 30.1 Å². The van der Waals surface area contributed by atoms with Gasteiger partial charge in [0.05, 0.1) is 6.04 Å². The predicted molar refractivity (Wildman–Crippen MR) is 422 cm³/mol. The minimum Gasteiger partial charge on any atom is -0.368 e. The number of rotatable bonds is 53. The Kier molecular flexibility index (Phi) is 41.8. The number of hydrogen-bond acceptors (Lipinski definition) is 16. The highest BCUT2D eigenvalue weighted by atomic mass is 16.2. The molecule has 28 heteroatoms. The van der Waals surface area contributed by atoms with Crippen LogP contribution in [-0.4, -0.2) is 163 Å². The molecule has 0 aliphatic heterocycles. The van der Waals surface area contributed by atoms with Gasteiger partial charge in [0.2, 0.25) is 65.0 Å². The maximum absolute atomic E-state index is 15.0. The van der Waals surface area contributed by atoms with Crippen LogP contribution >= 0.6 is 0 Å². The molecule has 4 rings (SSSR count). The van der Waals surface area contributed by atoms with Crippen molar-refractivity contribution in [3.8, 4) is 0 Å². The number of nitrogens with one attached hydrogen (secondary N) is 12. The molecule has 28 nitrogen and oxygen atoms in total. The fourth-order valence-electron chi connectivity index (χ4n) is 12.7. The first-order chi connectivity index (χ1) is 51.5. The second-order valence-corrected chi connectivity index (χ2v) is 30.2. The fourth-order valence-corrected chi connectivity index (χ4v) is 12.7. The summed E-state index contributed by atoms with van der Waals surface area (Å²) in [7, 11) is 0. The zero-order valence-corrected chi connectivity index (χ0v) is 65.5. The maximum Gasteiger partial charge on any atom is 0.243 e. The van der Waals surface area contributed by atoms with Crippen LogP contribution in [-0.2, 0) is 72.1 Å². The van der Waals surface area contributed by atoms with Crippen LogP contribution in [0.2, 0.25) is 0 Å². The van der Waals surface area contributed by atoms with Crippen LogP contribution < -0.4 is 87.2 Å². The molecule has 1 heterocycles. The SMILES string of the molecule is CC[C@H](C)[C@H](NC(=O)[C@H](CCCCN)NC(=O)[C@H](CCCCN)NC(=O)[C@H](Cc1ccccc1)NC(=O)[C@H](CC(C)C)NC(=O)[C@H](CCCCN)NC(=O)[C@H](Cc1c[nH]c2ccccc12)NCc1ccccc1)C(=O)N[C@@H](CC(C)C)C(=O)N[C@@H](CCCCN)C(=O)N[C@H](C(=O)N[C@@H](CC(C)C)C(N)=O)C(C)C. The molecule has 0 fully saturated rings. The summed E-state index contributed by atoms with van der Waals surface area (Å²) < 4.78 is 0. The molecule has 22 N–H and O–H groups in total. The minimum absolute atomic E-state index is 0.0152. The topological polar surface area (TPSA) is 466 Å². The maximum atomic E-state index is 15.0. The van der Waals surface area contributed by atoms with Crippen LogP contribution in [0.1, 0.15) is 189 Å². The first-order valence-corrected chi connectivity index (χ1v) is 39.0. The number of nitrogens with two attached hydrogens (primary N) is 5. The number of para-hydroxylation sites is 1. The third-order valence-electron chi connectivity index (χ3n) is 19.1. The van der Waals surface area contributed by atoms with Crippen LogP contribution in [0.5, 0.6) is 0 Å². The number of hydrogen-bond donors (Lipinski definition) is 17. The molecule has 600 valence electrons. The van der Waals surface area contributed by atoms with E-state index < -0.39 is 143 Å². The summed E-state index contributed by atoms with van der Waals surface area (Å²) in [5.41, 5.74) is 32.8. The van der Waals surface area contributed by atoms with Crippen LogP contribution in [0, 0.1) is 29.6 Å². The van der Waals surface area contributed by atoms with Crippen molar-refractivity contribution in [1.29, 1.82) is 0 Å². The van der Waals surface area contributed by atoms with Crippen molar-refractivity contribution in [2.45, 2.75) is 258 Å². The zero-order chi connectivity index (χ0) is 79.8. The Morgan fingerprint density at radius 1 is 0.361 bits per heavy atom. The summed E-state index contributed by atoms with van der Waals surface area (Å²) in [5, 5.41) is 33.0. The lowest BCUT2D eigenvalue weighted by Gasteiger charge is -2.30. The second-order valence-electron chi connectivity index (χ2n) is 30.2. The lowest BCUT2D eigenvalue weighted by Crippen LogP contribution is -2.62. The summed E-state index contributed by atoms with van der Waals surface area (Å²) in [4.78, 5) is 162. The van der Waals surface area contributed by atoms with E-state index in [0.717, 1.165) is 22.0 Å². The Hall–Kier alpha value is -8.83. The summed E-state index contributed by atoms with van der Waals surface area (Å²) >= 11 is 0. The number of unbranched alkanes of at least 4 members (excludes halogenated alkanes) is 4. The van der Waals surface area contributed by atoms with E-state index in [4.69, 9.17) is 28.7 Å². The van der Waals surface area contributed by atoms with Gasteiger partial charge < -0.3 is 92.1 Å². The molecule has 0 saturated carbocycles. The number of primary amides is 1. The van der Waals surface area contributed by atoms with Gasteiger partial charge in [-0.05, 0) is 181 Å². The first-order valence-electron chi connectivity index (χ1n) is 39.0. The second kappa shape index (κ2) is 49.3. The van der Waals surface area contributed by atoms with Gasteiger partial charge in [-0.1, -0.05) is 155 Å². The average molecular weight is 1510 g/mol. The molecule has 0 unspecified atom stereocenters. The summed E-state index contributed by atoms with van der Waals surface area (Å²) in [6, 6.07) is 13.6. The minimum atomic E-state index is -1.33. The van der Waals surface area contributed by atoms with Crippen molar-refractivity contribution in [2.24, 2.45) is 58.3 Å². The Labute approximate surface area is 639 Å². The van der Waals surface area contributed by atoms with Crippen LogP contribution in [0.4, 0.5) is 0 Å². The molecule has 4 aromatic rings. The van der Waals surface area contributed by atoms with Crippen molar-refractivity contribution in [2.75, 3.05) is 26.2 Å². The van der Waals surface area contributed by atoms with Gasteiger partial charge in [-0.15, -0.1) is 0 Å². The number of benzene rings is 3. The summed E-state index contributed by atoms with van der Waals surface area (Å²) in [6.07, 6.45) is 7.07. The highest BCUT2D eigenvalue weighted by molar-refractivity contribution is 5.99. The van der Waals surface area contributed by atoms with Gasteiger partial charge in [0.15, 0.2) is 0 Å². The Bertz CT molecular complexity index is 3430. The number of H-pyrrole nitrogens is 1. The molecule has 0 saturated heterocycles. The molecule has 0 radical (unpaired) electrons. The Morgan fingerprint density at radius 2 is 0.704 bits per heavy atom.